The highest BCUT2D eigenvalue weighted by atomic mass is 16.5. The lowest BCUT2D eigenvalue weighted by Crippen LogP contribution is -2.26. The number of nitrogen functional groups attached to an aromatic ring is 1. The Morgan fingerprint density at radius 3 is 2.71 bits per heavy atom. The number of hydrogen-bond acceptors (Lipinski definition) is 3. The van der Waals surface area contributed by atoms with Gasteiger partial charge in [0.05, 0.1) is 18.0 Å². The van der Waals surface area contributed by atoms with Crippen molar-refractivity contribution in [3.8, 4) is 0 Å². The van der Waals surface area contributed by atoms with E-state index in [0.717, 1.165) is 31.0 Å². The first-order valence-electron chi connectivity index (χ1n) is 6.29. The lowest BCUT2D eigenvalue weighted by molar-refractivity contribution is 0.183. The van der Waals surface area contributed by atoms with Gasteiger partial charge < -0.3 is 15.8 Å². The molecule has 3 N–H and O–H groups in total. The van der Waals surface area contributed by atoms with Crippen LogP contribution < -0.4 is 11.1 Å². The van der Waals surface area contributed by atoms with E-state index in [-0.39, 0.29) is 0 Å². The molecule has 0 aliphatic carbocycles. The average molecular weight is 234 g/mol. The van der Waals surface area contributed by atoms with Crippen molar-refractivity contribution in [3.05, 3.63) is 23.3 Å². The Morgan fingerprint density at radius 2 is 2.06 bits per heavy atom. The molecule has 2 atom stereocenters. The zero-order valence-electron chi connectivity index (χ0n) is 10.9. The average Bonchev–Trinajstić information content (AvgIpc) is 2.79. The number of ether oxygens (including phenoxy) is 1. The molecule has 1 aromatic rings. The zero-order valence-corrected chi connectivity index (χ0v) is 10.9. The standard InChI is InChI=1S/C14H22N2O/c1-9-6-13(15)14(7-10(9)2)16-11(3)12-4-5-17-8-12/h6-7,11-12,16H,4-5,8,15H2,1-3H3. The van der Waals surface area contributed by atoms with Gasteiger partial charge in [-0.25, -0.2) is 0 Å². The summed E-state index contributed by atoms with van der Waals surface area (Å²) >= 11 is 0. The monoisotopic (exact) mass is 234 g/mol. The van der Waals surface area contributed by atoms with E-state index in [2.05, 4.69) is 32.2 Å². The first-order chi connectivity index (χ1) is 8.08. The van der Waals surface area contributed by atoms with Gasteiger partial charge in [-0.2, -0.15) is 0 Å². The van der Waals surface area contributed by atoms with Crippen LogP contribution in [0.25, 0.3) is 0 Å². The molecule has 3 heteroatoms. The number of anilines is 2. The summed E-state index contributed by atoms with van der Waals surface area (Å²) in [5.41, 5.74) is 10.4. The van der Waals surface area contributed by atoms with Crippen molar-refractivity contribution in [2.24, 2.45) is 5.92 Å². The summed E-state index contributed by atoms with van der Waals surface area (Å²) < 4.78 is 5.42. The minimum Gasteiger partial charge on any atom is -0.397 e. The molecular weight excluding hydrogens is 212 g/mol. The van der Waals surface area contributed by atoms with Crippen LogP contribution in [0.4, 0.5) is 11.4 Å². The fourth-order valence-corrected chi connectivity index (χ4v) is 2.27. The molecule has 1 aromatic carbocycles. The summed E-state index contributed by atoms with van der Waals surface area (Å²) in [5, 5.41) is 3.52. The minimum atomic E-state index is 0.405. The van der Waals surface area contributed by atoms with Gasteiger partial charge in [0.1, 0.15) is 0 Å². The van der Waals surface area contributed by atoms with E-state index in [1.165, 1.54) is 11.1 Å². The fourth-order valence-electron chi connectivity index (χ4n) is 2.27. The van der Waals surface area contributed by atoms with Crippen LogP contribution in [0.2, 0.25) is 0 Å². The van der Waals surface area contributed by atoms with E-state index in [4.69, 9.17) is 10.5 Å². The molecule has 1 aliphatic rings. The van der Waals surface area contributed by atoms with Crippen molar-refractivity contribution in [3.63, 3.8) is 0 Å². The quantitative estimate of drug-likeness (QED) is 0.791. The molecule has 0 radical (unpaired) electrons. The maximum Gasteiger partial charge on any atom is 0.0578 e. The zero-order chi connectivity index (χ0) is 12.4. The molecule has 1 saturated heterocycles. The molecule has 17 heavy (non-hydrogen) atoms. The summed E-state index contributed by atoms with van der Waals surface area (Å²) in [4.78, 5) is 0. The predicted octanol–water partition coefficient (Wildman–Crippen LogP) is 2.72. The Balaban J connectivity index is 2.09. The minimum absolute atomic E-state index is 0.405. The molecule has 2 rings (SSSR count). The second kappa shape index (κ2) is 4.96. The van der Waals surface area contributed by atoms with E-state index in [0.29, 0.717) is 12.0 Å². The van der Waals surface area contributed by atoms with Crippen molar-refractivity contribution in [2.45, 2.75) is 33.2 Å². The molecule has 94 valence electrons. The van der Waals surface area contributed by atoms with Crippen LogP contribution in [0, 0.1) is 19.8 Å². The van der Waals surface area contributed by atoms with Crippen LogP contribution in [-0.2, 0) is 4.74 Å². The summed E-state index contributed by atoms with van der Waals surface area (Å²) in [6.07, 6.45) is 1.14. The topological polar surface area (TPSA) is 47.3 Å². The maximum absolute atomic E-state index is 6.04. The summed E-state index contributed by atoms with van der Waals surface area (Å²) in [6, 6.07) is 4.58. The third kappa shape index (κ3) is 2.72. The molecular formula is C14H22N2O. The van der Waals surface area contributed by atoms with Crippen molar-refractivity contribution >= 4 is 11.4 Å². The van der Waals surface area contributed by atoms with E-state index < -0.39 is 0 Å². The molecule has 0 saturated carbocycles. The van der Waals surface area contributed by atoms with Crippen molar-refractivity contribution < 1.29 is 4.74 Å². The van der Waals surface area contributed by atoms with E-state index in [1.54, 1.807) is 0 Å². The summed E-state index contributed by atoms with van der Waals surface area (Å²) in [7, 11) is 0. The van der Waals surface area contributed by atoms with Gasteiger partial charge >= 0.3 is 0 Å². The Bertz CT molecular complexity index is 397. The van der Waals surface area contributed by atoms with E-state index >= 15 is 0 Å². The molecule has 3 nitrogen and oxygen atoms in total. The highest BCUT2D eigenvalue weighted by molar-refractivity contribution is 5.68. The lowest BCUT2D eigenvalue weighted by Gasteiger charge is -2.22. The Labute approximate surface area is 103 Å². The summed E-state index contributed by atoms with van der Waals surface area (Å²) in [6.45, 7) is 8.15. The first kappa shape index (κ1) is 12.2. The SMILES string of the molecule is Cc1cc(N)c(NC(C)C2CCOC2)cc1C. The maximum atomic E-state index is 6.04. The lowest BCUT2D eigenvalue weighted by atomic mass is 9.99. The molecule has 0 bridgehead atoms. The Morgan fingerprint density at radius 1 is 1.35 bits per heavy atom. The highest BCUT2D eigenvalue weighted by Gasteiger charge is 2.22. The van der Waals surface area contributed by atoms with Crippen LogP contribution in [0.1, 0.15) is 24.5 Å². The van der Waals surface area contributed by atoms with Crippen LogP contribution in [0.5, 0.6) is 0 Å². The van der Waals surface area contributed by atoms with E-state index in [1.807, 2.05) is 6.07 Å². The largest absolute Gasteiger partial charge is 0.397 e. The third-order valence-corrected chi connectivity index (χ3v) is 3.72. The molecule has 0 amide bonds. The van der Waals surface area contributed by atoms with Gasteiger partial charge in [0.15, 0.2) is 0 Å². The van der Waals surface area contributed by atoms with Crippen LogP contribution >= 0.6 is 0 Å². The van der Waals surface area contributed by atoms with Crippen molar-refractivity contribution in [1.29, 1.82) is 0 Å². The van der Waals surface area contributed by atoms with Gasteiger partial charge in [-0.15, -0.1) is 0 Å². The number of benzene rings is 1. The molecule has 2 unspecified atom stereocenters. The van der Waals surface area contributed by atoms with Gasteiger partial charge in [-0.3, -0.25) is 0 Å². The van der Waals surface area contributed by atoms with Crippen LogP contribution in [0.15, 0.2) is 12.1 Å². The highest BCUT2D eigenvalue weighted by Crippen LogP contribution is 2.26. The molecule has 1 aliphatic heterocycles. The smallest absolute Gasteiger partial charge is 0.0578 e. The van der Waals surface area contributed by atoms with Crippen LogP contribution in [-0.4, -0.2) is 19.3 Å². The van der Waals surface area contributed by atoms with E-state index in [9.17, 15) is 0 Å². The van der Waals surface area contributed by atoms with Crippen LogP contribution in [0.3, 0.4) is 0 Å². The second-order valence-corrected chi connectivity index (χ2v) is 5.08. The normalized spacial score (nSPS) is 21.5. The van der Waals surface area contributed by atoms with Gasteiger partial charge in [0, 0.05) is 18.6 Å². The first-order valence-corrected chi connectivity index (χ1v) is 6.29. The Kier molecular flexibility index (Phi) is 3.57. The second-order valence-electron chi connectivity index (χ2n) is 5.08. The number of hydrogen-bond donors (Lipinski definition) is 2. The van der Waals surface area contributed by atoms with Gasteiger partial charge in [0.25, 0.3) is 0 Å². The third-order valence-electron chi connectivity index (χ3n) is 3.72. The number of aryl methyl sites for hydroxylation is 2. The van der Waals surface area contributed by atoms with Gasteiger partial charge in [-0.05, 0) is 50.5 Å². The molecule has 0 aromatic heterocycles. The van der Waals surface area contributed by atoms with Crippen molar-refractivity contribution in [1.82, 2.24) is 0 Å². The fraction of sp³-hybridized carbons (Fsp3) is 0.571. The van der Waals surface area contributed by atoms with Gasteiger partial charge in [0.2, 0.25) is 0 Å². The number of rotatable bonds is 3. The summed E-state index contributed by atoms with van der Waals surface area (Å²) in [5.74, 6) is 0.594. The molecule has 0 spiro atoms. The molecule has 1 heterocycles. The molecule has 1 fully saturated rings. The number of nitrogens with one attached hydrogen (secondary N) is 1. The van der Waals surface area contributed by atoms with Gasteiger partial charge in [-0.1, -0.05) is 0 Å². The number of nitrogens with two attached hydrogens (primary N) is 1. The Hall–Kier alpha value is -1.22. The van der Waals surface area contributed by atoms with Crippen molar-refractivity contribution in [2.75, 3.05) is 24.3 Å². The predicted molar refractivity (Wildman–Crippen MR) is 72.3 cm³/mol.